The number of nitrogens with zero attached hydrogens (tertiary/aromatic N) is 2. The molecule has 0 saturated carbocycles. The van der Waals surface area contributed by atoms with E-state index in [0.717, 1.165) is 46.6 Å². The highest BCUT2D eigenvalue weighted by molar-refractivity contribution is 5.88. The second kappa shape index (κ2) is 11.4. The van der Waals surface area contributed by atoms with E-state index in [1.54, 1.807) is 0 Å². The van der Waals surface area contributed by atoms with Crippen molar-refractivity contribution < 1.29 is 0 Å². The molecule has 2 aromatic heterocycles. The summed E-state index contributed by atoms with van der Waals surface area (Å²) in [6.07, 6.45) is 1.83. The molecule has 41 heavy (non-hydrogen) atoms. The van der Waals surface area contributed by atoms with E-state index in [2.05, 4.69) is 141 Å². The van der Waals surface area contributed by atoms with E-state index in [1.807, 2.05) is 0 Å². The number of rotatable bonds is 8. The fraction of sp³-hybridized carbons (Fsp3) is 0.216. The molecule has 6 rings (SSSR count). The topological polar surface area (TPSA) is 56.3 Å². The molecule has 4 nitrogen and oxygen atoms in total. The molecule has 0 radical (unpaired) electrons. The summed E-state index contributed by atoms with van der Waals surface area (Å²) in [4.78, 5) is 16.8. The minimum Gasteiger partial charge on any atom is -0.355 e. The molecular weight excluding hydrogens is 500 g/mol. The summed E-state index contributed by atoms with van der Waals surface area (Å²) in [6.45, 7) is 8.99. The molecule has 2 N–H and O–H groups in total. The summed E-state index contributed by atoms with van der Waals surface area (Å²) in [5.41, 5.74) is 11.1. The quantitative estimate of drug-likeness (QED) is 0.182. The van der Waals surface area contributed by atoms with Gasteiger partial charge in [0.1, 0.15) is 6.01 Å². The van der Waals surface area contributed by atoms with Crippen LogP contribution in [0.2, 0.25) is 0 Å². The predicted octanol–water partition coefficient (Wildman–Crippen LogP) is 10.5. The smallest absolute Gasteiger partial charge is 0.100 e. The maximum absolute atomic E-state index is 4.81. The number of aliphatic imine (C=N–C) groups is 2. The van der Waals surface area contributed by atoms with Crippen molar-refractivity contribution in [3.8, 4) is 22.5 Å². The summed E-state index contributed by atoms with van der Waals surface area (Å²) in [6, 6.07) is 37.0. The van der Waals surface area contributed by atoms with Crippen molar-refractivity contribution in [3.05, 3.63) is 108 Å². The Hall–Kier alpha value is -4.66. The number of fused-ring (bicyclic) bond motifs is 2. The summed E-state index contributed by atoms with van der Waals surface area (Å²) >= 11 is 0. The van der Waals surface area contributed by atoms with Crippen LogP contribution in [0, 0.1) is 11.8 Å². The molecule has 0 atom stereocenters. The highest BCUT2D eigenvalue weighted by Crippen LogP contribution is 2.36. The third kappa shape index (κ3) is 5.66. The van der Waals surface area contributed by atoms with Crippen molar-refractivity contribution in [2.24, 2.45) is 21.8 Å². The summed E-state index contributed by atoms with van der Waals surface area (Å²) in [7, 11) is 0. The lowest BCUT2D eigenvalue weighted by molar-refractivity contribution is 0.648. The molecule has 0 unspecified atom stereocenters. The monoisotopic (exact) mass is 536 g/mol. The number of nitrogens with one attached hydrogen (secondary N) is 2. The van der Waals surface area contributed by atoms with Gasteiger partial charge in [0, 0.05) is 44.3 Å². The molecule has 0 spiro atoms. The van der Waals surface area contributed by atoms with E-state index >= 15 is 0 Å². The Kier molecular flexibility index (Phi) is 7.41. The number of aromatic nitrogens is 2. The van der Waals surface area contributed by atoms with Gasteiger partial charge in [0.2, 0.25) is 0 Å². The number of para-hydroxylation sites is 2. The Morgan fingerprint density at radius 2 is 1.00 bits per heavy atom. The van der Waals surface area contributed by atoms with Gasteiger partial charge in [-0.15, -0.1) is 0 Å². The van der Waals surface area contributed by atoms with Crippen molar-refractivity contribution in [1.82, 2.24) is 9.97 Å². The average molecular weight is 537 g/mol. The molecule has 0 amide bonds. The van der Waals surface area contributed by atoms with E-state index in [1.165, 1.54) is 33.0 Å². The van der Waals surface area contributed by atoms with Crippen LogP contribution in [0.5, 0.6) is 0 Å². The highest BCUT2D eigenvalue weighted by Gasteiger charge is 2.15. The van der Waals surface area contributed by atoms with Gasteiger partial charge in [-0.2, -0.15) is 9.98 Å². The Morgan fingerprint density at radius 3 is 1.41 bits per heavy atom. The largest absolute Gasteiger partial charge is 0.355 e. The van der Waals surface area contributed by atoms with Crippen LogP contribution in [-0.4, -0.2) is 16.0 Å². The highest BCUT2D eigenvalue weighted by atomic mass is 14.8. The molecule has 204 valence electrons. The van der Waals surface area contributed by atoms with Crippen LogP contribution < -0.4 is 0 Å². The van der Waals surface area contributed by atoms with Crippen LogP contribution in [0.15, 0.2) is 107 Å². The number of benzene rings is 4. The normalized spacial score (nSPS) is 11.5. The zero-order chi connectivity index (χ0) is 28.3. The Morgan fingerprint density at radius 1 is 0.561 bits per heavy atom. The number of H-pyrrole nitrogens is 2. The van der Waals surface area contributed by atoms with Gasteiger partial charge in [0.05, 0.1) is 11.4 Å². The van der Waals surface area contributed by atoms with Crippen molar-refractivity contribution in [2.75, 3.05) is 0 Å². The van der Waals surface area contributed by atoms with E-state index in [-0.39, 0.29) is 0 Å². The van der Waals surface area contributed by atoms with Gasteiger partial charge in [-0.1, -0.05) is 88.4 Å². The minimum absolute atomic E-state index is 0.483. The third-order valence-corrected chi connectivity index (χ3v) is 7.51. The molecular formula is C37H36N4. The molecule has 0 aliphatic heterocycles. The van der Waals surface area contributed by atoms with Crippen molar-refractivity contribution in [2.45, 2.75) is 40.5 Å². The second-order valence-corrected chi connectivity index (χ2v) is 11.7. The van der Waals surface area contributed by atoms with E-state index in [4.69, 9.17) is 9.98 Å². The third-order valence-electron chi connectivity index (χ3n) is 7.51. The van der Waals surface area contributed by atoms with Crippen LogP contribution in [-0.2, 0) is 12.8 Å². The SMILES string of the molecule is CC(C)Cc1c(N=C=Nc2cccc(-c3cc4ccccc4[nH]3)c2CC(C)C)cccc1-c1cc2ccccc2[nH]1. The maximum Gasteiger partial charge on any atom is 0.100 e. The molecule has 0 aliphatic carbocycles. The summed E-state index contributed by atoms with van der Waals surface area (Å²) in [5, 5.41) is 2.42. The van der Waals surface area contributed by atoms with Gasteiger partial charge in [-0.3, -0.25) is 0 Å². The summed E-state index contributed by atoms with van der Waals surface area (Å²) < 4.78 is 0. The standard InChI is InChI=1S/C37H36N4/c1-24(2)19-30-28(36-21-26-11-5-7-15-32(26)40-36)13-9-17-34(30)38-23-39-35-18-10-14-29(31(35)20-25(3)4)37-22-27-12-6-8-16-33(27)41-37/h5-18,21-22,24-25,40-41H,19-20H2,1-4H3. The maximum atomic E-state index is 4.81. The zero-order valence-electron chi connectivity index (χ0n) is 24.2. The lowest BCUT2D eigenvalue weighted by Crippen LogP contribution is -1.98. The number of hydrogen-bond acceptors (Lipinski definition) is 2. The van der Waals surface area contributed by atoms with Crippen LogP contribution in [0.4, 0.5) is 11.4 Å². The van der Waals surface area contributed by atoms with Gasteiger partial charge in [0.15, 0.2) is 0 Å². The van der Waals surface area contributed by atoms with Crippen LogP contribution >= 0.6 is 0 Å². The van der Waals surface area contributed by atoms with E-state index in [9.17, 15) is 0 Å². The molecule has 0 fully saturated rings. The first-order valence-corrected chi connectivity index (χ1v) is 14.5. The van der Waals surface area contributed by atoms with Crippen molar-refractivity contribution in [3.63, 3.8) is 0 Å². The van der Waals surface area contributed by atoms with E-state index < -0.39 is 0 Å². The minimum atomic E-state index is 0.483. The molecule has 2 heterocycles. The second-order valence-electron chi connectivity index (χ2n) is 11.7. The lowest BCUT2D eigenvalue weighted by Gasteiger charge is -2.13. The Balaban J connectivity index is 1.42. The van der Waals surface area contributed by atoms with Gasteiger partial charge in [0.25, 0.3) is 0 Å². The number of hydrogen-bond donors (Lipinski definition) is 2. The molecule has 6 aromatic rings. The number of aromatic amines is 2. The van der Waals surface area contributed by atoms with Gasteiger partial charge in [-0.05, 0) is 72.2 Å². The molecule has 0 saturated heterocycles. The molecule has 4 aromatic carbocycles. The zero-order valence-corrected chi connectivity index (χ0v) is 24.2. The van der Waals surface area contributed by atoms with Crippen molar-refractivity contribution in [1.29, 1.82) is 0 Å². The molecule has 0 bridgehead atoms. The first kappa shape index (κ1) is 26.6. The van der Waals surface area contributed by atoms with Gasteiger partial charge >= 0.3 is 0 Å². The van der Waals surface area contributed by atoms with E-state index in [0.29, 0.717) is 11.8 Å². The fourth-order valence-electron chi connectivity index (χ4n) is 5.68. The first-order valence-electron chi connectivity index (χ1n) is 14.5. The average Bonchev–Trinajstić information content (AvgIpc) is 3.58. The van der Waals surface area contributed by atoms with Crippen LogP contribution in [0.1, 0.15) is 38.8 Å². The summed E-state index contributed by atoms with van der Waals surface area (Å²) in [5.74, 6) is 0.967. The molecule has 4 heteroatoms. The lowest BCUT2D eigenvalue weighted by atomic mass is 9.94. The van der Waals surface area contributed by atoms with Crippen LogP contribution in [0.3, 0.4) is 0 Å². The van der Waals surface area contributed by atoms with Crippen molar-refractivity contribution >= 4 is 39.2 Å². The Bertz CT molecular complexity index is 1690. The first-order chi connectivity index (χ1) is 20.0. The fourth-order valence-corrected chi connectivity index (χ4v) is 5.68. The molecule has 0 aliphatic rings. The van der Waals surface area contributed by atoms with Gasteiger partial charge in [-0.25, -0.2) is 0 Å². The Labute approximate surface area is 241 Å². The van der Waals surface area contributed by atoms with Crippen LogP contribution in [0.25, 0.3) is 44.3 Å². The van der Waals surface area contributed by atoms with Gasteiger partial charge < -0.3 is 9.97 Å². The predicted molar refractivity (Wildman–Crippen MR) is 174 cm³/mol.